The molecule has 1 unspecified atom stereocenters. The minimum atomic E-state index is -0.517. The maximum absolute atomic E-state index is 6.51. The summed E-state index contributed by atoms with van der Waals surface area (Å²) in [6, 6.07) is 10.0. The number of ether oxygens (including phenoxy) is 1. The molecule has 2 N–H and O–H groups in total. The summed E-state index contributed by atoms with van der Waals surface area (Å²) in [5.74, 6) is 0.836. The van der Waals surface area contributed by atoms with Gasteiger partial charge in [0.2, 0.25) is 0 Å². The number of rotatable bonds is 3. The predicted molar refractivity (Wildman–Crippen MR) is 72.7 cm³/mol. The lowest BCUT2D eigenvalue weighted by atomic mass is 9.85. The van der Waals surface area contributed by atoms with E-state index < -0.39 is 5.54 Å². The number of aryl methyl sites for hydroxylation is 1. The van der Waals surface area contributed by atoms with Crippen LogP contribution in [0, 0.1) is 6.92 Å². The monoisotopic (exact) mass is 247 g/mol. The lowest BCUT2D eigenvalue weighted by Crippen LogP contribution is -2.34. The number of para-hydroxylation sites is 1. The van der Waals surface area contributed by atoms with Crippen molar-refractivity contribution in [1.82, 2.24) is 0 Å². The van der Waals surface area contributed by atoms with Crippen molar-refractivity contribution in [2.75, 3.05) is 7.11 Å². The number of nitrogens with two attached hydrogens (primary N) is 1. The Morgan fingerprint density at radius 1 is 1.18 bits per heavy atom. The van der Waals surface area contributed by atoms with Gasteiger partial charge in [-0.1, -0.05) is 18.2 Å². The minimum absolute atomic E-state index is 0.517. The Morgan fingerprint density at radius 2 is 1.88 bits per heavy atom. The molecule has 0 amide bonds. The van der Waals surface area contributed by atoms with Crippen LogP contribution < -0.4 is 10.5 Å². The Bertz CT molecular complexity index is 516. The second-order valence-electron chi connectivity index (χ2n) is 4.29. The molecule has 0 fully saturated rings. The molecule has 0 radical (unpaired) electrons. The van der Waals surface area contributed by atoms with E-state index in [1.54, 1.807) is 18.4 Å². The van der Waals surface area contributed by atoms with Crippen LogP contribution in [0.4, 0.5) is 0 Å². The zero-order valence-electron chi connectivity index (χ0n) is 10.4. The molecule has 0 saturated carbocycles. The van der Waals surface area contributed by atoms with E-state index in [1.165, 1.54) is 4.88 Å². The number of hydrogen-bond donors (Lipinski definition) is 1. The Labute approximate surface area is 106 Å². The van der Waals surface area contributed by atoms with Crippen molar-refractivity contribution in [2.24, 2.45) is 5.73 Å². The van der Waals surface area contributed by atoms with Crippen molar-refractivity contribution in [3.63, 3.8) is 0 Å². The fourth-order valence-electron chi connectivity index (χ4n) is 2.14. The molecule has 0 spiro atoms. The molecule has 90 valence electrons. The SMILES string of the molecule is COc1ccccc1C(C)(N)c1ccsc1C. The summed E-state index contributed by atoms with van der Waals surface area (Å²) in [6.07, 6.45) is 0. The zero-order chi connectivity index (χ0) is 12.5. The first-order valence-corrected chi connectivity index (χ1v) is 6.42. The van der Waals surface area contributed by atoms with Gasteiger partial charge in [0.15, 0.2) is 0 Å². The number of hydrogen-bond acceptors (Lipinski definition) is 3. The van der Waals surface area contributed by atoms with Crippen molar-refractivity contribution in [3.8, 4) is 5.75 Å². The average Bonchev–Trinajstić information content (AvgIpc) is 2.76. The van der Waals surface area contributed by atoms with Gasteiger partial charge in [-0.25, -0.2) is 0 Å². The van der Waals surface area contributed by atoms with E-state index in [0.29, 0.717) is 0 Å². The third-order valence-corrected chi connectivity index (χ3v) is 3.93. The van der Waals surface area contributed by atoms with E-state index in [-0.39, 0.29) is 0 Å². The van der Waals surface area contributed by atoms with Crippen LogP contribution in [0.2, 0.25) is 0 Å². The molecule has 3 heteroatoms. The molecule has 1 aromatic carbocycles. The molecule has 1 heterocycles. The molecule has 2 rings (SSSR count). The third-order valence-electron chi connectivity index (χ3n) is 3.08. The van der Waals surface area contributed by atoms with Gasteiger partial charge in [0.1, 0.15) is 5.75 Å². The normalized spacial score (nSPS) is 14.4. The van der Waals surface area contributed by atoms with Crippen LogP contribution in [0.3, 0.4) is 0 Å². The topological polar surface area (TPSA) is 35.2 Å². The molecule has 2 aromatic rings. The molecule has 1 aromatic heterocycles. The second-order valence-corrected chi connectivity index (χ2v) is 5.41. The number of methoxy groups -OCH3 is 1. The van der Waals surface area contributed by atoms with Crippen molar-refractivity contribution in [2.45, 2.75) is 19.4 Å². The largest absolute Gasteiger partial charge is 0.496 e. The fourth-order valence-corrected chi connectivity index (χ4v) is 2.96. The summed E-state index contributed by atoms with van der Waals surface area (Å²) in [6.45, 7) is 4.13. The molecule has 1 atom stereocenters. The Kier molecular flexibility index (Phi) is 3.22. The van der Waals surface area contributed by atoms with Gasteiger partial charge in [0.05, 0.1) is 12.6 Å². The summed E-state index contributed by atoms with van der Waals surface area (Å²) in [7, 11) is 1.68. The van der Waals surface area contributed by atoms with Gasteiger partial charge in [-0.15, -0.1) is 11.3 Å². The van der Waals surface area contributed by atoms with Crippen LogP contribution >= 0.6 is 11.3 Å². The summed E-state index contributed by atoms with van der Waals surface area (Å²) >= 11 is 1.72. The van der Waals surface area contributed by atoms with E-state index >= 15 is 0 Å². The van der Waals surface area contributed by atoms with Crippen LogP contribution in [0.15, 0.2) is 35.7 Å². The van der Waals surface area contributed by atoms with Gasteiger partial charge in [0, 0.05) is 10.4 Å². The molecule has 2 nitrogen and oxygen atoms in total. The Balaban J connectivity index is 2.55. The van der Waals surface area contributed by atoms with Gasteiger partial charge in [0.25, 0.3) is 0 Å². The van der Waals surface area contributed by atoms with Gasteiger partial charge in [-0.3, -0.25) is 0 Å². The van der Waals surface area contributed by atoms with Crippen LogP contribution in [0.25, 0.3) is 0 Å². The maximum atomic E-state index is 6.51. The van der Waals surface area contributed by atoms with E-state index in [0.717, 1.165) is 16.9 Å². The Morgan fingerprint density at radius 3 is 2.47 bits per heavy atom. The van der Waals surface area contributed by atoms with Crippen LogP contribution in [0.1, 0.15) is 22.9 Å². The second kappa shape index (κ2) is 4.51. The predicted octanol–water partition coefficient (Wildman–Crippen LogP) is 3.29. The molecule has 0 aliphatic carbocycles. The summed E-state index contributed by atoms with van der Waals surface area (Å²) in [5.41, 5.74) is 8.17. The smallest absolute Gasteiger partial charge is 0.124 e. The highest BCUT2D eigenvalue weighted by atomic mass is 32.1. The summed E-state index contributed by atoms with van der Waals surface area (Å²) < 4.78 is 5.39. The van der Waals surface area contributed by atoms with E-state index in [4.69, 9.17) is 10.5 Å². The molecule has 17 heavy (non-hydrogen) atoms. The molecule has 0 saturated heterocycles. The first kappa shape index (κ1) is 12.1. The molecule has 0 aliphatic rings. The highest BCUT2D eigenvalue weighted by molar-refractivity contribution is 7.10. The van der Waals surface area contributed by atoms with Gasteiger partial charge in [-0.05, 0) is 36.9 Å². The Hall–Kier alpha value is -1.32. The standard InChI is InChI=1S/C14H17NOS/c1-10-11(8-9-17-10)14(2,15)12-6-4-5-7-13(12)16-3/h4-9H,15H2,1-3H3. The van der Waals surface area contributed by atoms with Crippen molar-refractivity contribution < 1.29 is 4.74 Å². The van der Waals surface area contributed by atoms with Crippen LogP contribution in [-0.4, -0.2) is 7.11 Å². The van der Waals surface area contributed by atoms with E-state index in [2.05, 4.69) is 18.4 Å². The first-order chi connectivity index (χ1) is 8.07. The fraction of sp³-hybridized carbons (Fsp3) is 0.286. The van der Waals surface area contributed by atoms with Crippen molar-refractivity contribution in [1.29, 1.82) is 0 Å². The van der Waals surface area contributed by atoms with Gasteiger partial charge >= 0.3 is 0 Å². The minimum Gasteiger partial charge on any atom is -0.496 e. The lowest BCUT2D eigenvalue weighted by molar-refractivity contribution is 0.399. The maximum Gasteiger partial charge on any atom is 0.124 e. The molecular weight excluding hydrogens is 230 g/mol. The van der Waals surface area contributed by atoms with Crippen LogP contribution in [-0.2, 0) is 5.54 Å². The zero-order valence-corrected chi connectivity index (χ0v) is 11.2. The van der Waals surface area contributed by atoms with E-state index in [9.17, 15) is 0 Å². The first-order valence-electron chi connectivity index (χ1n) is 5.54. The molecule has 0 bridgehead atoms. The number of benzene rings is 1. The lowest BCUT2D eigenvalue weighted by Gasteiger charge is -2.27. The summed E-state index contributed by atoms with van der Waals surface area (Å²) in [5, 5.41) is 2.07. The molecule has 0 aliphatic heterocycles. The van der Waals surface area contributed by atoms with Crippen molar-refractivity contribution in [3.05, 3.63) is 51.7 Å². The highest BCUT2D eigenvalue weighted by Gasteiger charge is 2.28. The third kappa shape index (κ3) is 2.08. The van der Waals surface area contributed by atoms with E-state index in [1.807, 2.05) is 31.2 Å². The highest BCUT2D eigenvalue weighted by Crippen LogP contribution is 2.36. The number of thiophene rings is 1. The summed E-state index contributed by atoms with van der Waals surface area (Å²) in [4.78, 5) is 1.25. The average molecular weight is 247 g/mol. The van der Waals surface area contributed by atoms with Gasteiger partial charge < -0.3 is 10.5 Å². The molecular formula is C14H17NOS. The quantitative estimate of drug-likeness (QED) is 0.903. The van der Waals surface area contributed by atoms with Gasteiger partial charge in [-0.2, -0.15) is 0 Å². The van der Waals surface area contributed by atoms with Crippen LogP contribution in [0.5, 0.6) is 5.75 Å². The van der Waals surface area contributed by atoms with Crippen molar-refractivity contribution >= 4 is 11.3 Å².